The van der Waals surface area contributed by atoms with Crippen LogP contribution in [-0.4, -0.2) is 60.2 Å². The van der Waals surface area contributed by atoms with E-state index < -0.39 is 5.67 Å². The summed E-state index contributed by atoms with van der Waals surface area (Å²) in [5.41, 5.74) is 0.626. The number of amides is 1. The first-order valence-corrected chi connectivity index (χ1v) is 8.46. The number of anilines is 1. The smallest absolute Gasteiger partial charge is 0.269 e. The quantitative estimate of drug-likeness (QED) is 0.920. The van der Waals surface area contributed by atoms with Gasteiger partial charge in [0.25, 0.3) is 5.91 Å². The molecule has 4 heterocycles. The molecule has 0 unspecified atom stereocenters. The van der Waals surface area contributed by atoms with Gasteiger partial charge in [-0.15, -0.1) is 0 Å². The van der Waals surface area contributed by atoms with Crippen molar-refractivity contribution in [1.29, 1.82) is 0 Å². The second-order valence-electron chi connectivity index (χ2n) is 7.08. The molecule has 1 saturated carbocycles. The molecule has 23 heavy (non-hydrogen) atoms. The summed E-state index contributed by atoms with van der Waals surface area (Å²) in [4.78, 5) is 20.5. The molecule has 4 fully saturated rings. The van der Waals surface area contributed by atoms with Crippen molar-refractivity contribution in [3.63, 3.8) is 0 Å². The second kappa shape index (κ2) is 5.44. The lowest BCUT2D eigenvalue weighted by atomic mass is 9.83. The summed E-state index contributed by atoms with van der Waals surface area (Å²) in [5.74, 6) is -0.163. The van der Waals surface area contributed by atoms with Crippen LogP contribution in [0.2, 0.25) is 0 Å². The maximum absolute atomic E-state index is 14.1. The van der Waals surface area contributed by atoms with E-state index in [-0.39, 0.29) is 5.91 Å². The van der Waals surface area contributed by atoms with E-state index in [1.807, 2.05) is 6.07 Å². The lowest BCUT2D eigenvalue weighted by Gasteiger charge is -2.39. The van der Waals surface area contributed by atoms with Crippen LogP contribution in [0.15, 0.2) is 18.3 Å². The Morgan fingerprint density at radius 3 is 2.57 bits per heavy atom. The monoisotopic (exact) mass is 318 g/mol. The molecule has 6 heteroatoms. The van der Waals surface area contributed by atoms with Gasteiger partial charge in [-0.05, 0) is 37.8 Å². The van der Waals surface area contributed by atoms with E-state index >= 15 is 0 Å². The topological polar surface area (TPSA) is 48.5 Å². The molecule has 1 aromatic rings. The van der Waals surface area contributed by atoms with Gasteiger partial charge in [0.05, 0.1) is 11.9 Å². The molecule has 1 amide bonds. The Balaban J connectivity index is 1.35. The SMILES string of the molecule is CNC(=O)c1ccc(N2CCC(N3CC4(F)CC3C4)CC2)cn1. The van der Waals surface area contributed by atoms with E-state index in [0.29, 0.717) is 24.3 Å². The minimum absolute atomic E-state index is 0.163. The Hall–Kier alpha value is -1.69. The van der Waals surface area contributed by atoms with Crippen LogP contribution in [0.25, 0.3) is 0 Å². The van der Waals surface area contributed by atoms with E-state index in [2.05, 4.69) is 20.1 Å². The predicted octanol–water partition coefficient (Wildman–Crippen LogP) is 1.60. The van der Waals surface area contributed by atoms with Gasteiger partial charge < -0.3 is 10.2 Å². The van der Waals surface area contributed by atoms with E-state index in [4.69, 9.17) is 0 Å². The first-order valence-electron chi connectivity index (χ1n) is 8.46. The minimum atomic E-state index is -0.874. The number of halogens is 1. The largest absolute Gasteiger partial charge is 0.370 e. The van der Waals surface area contributed by atoms with Crippen LogP contribution in [-0.2, 0) is 0 Å². The maximum atomic E-state index is 14.1. The molecule has 1 aromatic heterocycles. The van der Waals surface area contributed by atoms with Gasteiger partial charge in [-0.3, -0.25) is 9.69 Å². The van der Waals surface area contributed by atoms with Crippen LogP contribution in [0.5, 0.6) is 0 Å². The molecule has 5 nitrogen and oxygen atoms in total. The number of nitrogens with zero attached hydrogens (tertiary/aromatic N) is 3. The fourth-order valence-corrected chi connectivity index (χ4v) is 4.32. The number of rotatable bonds is 3. The highest BCUT2D eigenvalue weighted by atomic mass is 19.1. The van der Waals surface area contributed by atoms with Crippen molar-refractivity contribution in [3.05, 3.63) is 24.0 Å². The van der Waals surface area contributed by atoms with Crippen molar-refractivity contribution in [3.8, 4) is 0 Å². The summed E-state index contributed by atoms with van der Waals surface area (Å²) in [6.45, 7) is 2.58. The number of nitrogens with one attached hydrogen (secondary N) is 1. The number of hydrogen-bond donors (Lipinski definition) is 1. The first-order chi connectivity index (χ1) is 11.1. The number of fused-ring (bicyclic) bond motifs is 1. The van der Waals surface area contributed by atoms with Gasteiger partial charge in [-0.2, -0.15) is 0 Å². The zero-order valence-corrected chi connectivity index (χ0v) is 13.5. The summed E-state index contributed by atoms with van der Waals surface area (Å²) in [6, 6.07) is 4.74. The molecular formula is C17H23FN4O. The van der Waals surface area contributed by atoms with Crippen LogP contribution in [0.4, 0.5) is 10.1 Å². The summed E-state index contributed by atoms with van der Waals surface area (Å²) in [5, 5.41) is 2.58. The first kappa shape index (κ1) is 14.9. The number of piperidine rings is 1. The molecule has 3 saturated heterocycles. The molecule has 124 valence electrons. The highest BCUT2D eigenvalue weighted by Crippen LogP contribution is 2.49. The number of hydrogen-bond acceptors (Lipinski definition) is 4. The number of carbonyl (C=O) groups is 1. The van der Waals surface area contributed by atoms with Crippen molar-refractivity contribution in [1.82, 2.24) is 15.2 Å². The maximum Gasteiger partial charge on any atom is 0.269 e. The van der Waals surface area contributed by atoms with Gasteiger partial charge in [-0.25, -0.2) is 9.37 Å². The van der Waals surface area contributed by atoms with Gasteiger partial charge in [-0.1, -0.05) is 0 Å². The van der Waals surface area contributed by atoms with Crippen LogP contribution >= 0.6 is 0 Å². The summed E-state index contributed by atoms with van der Waals surface area (Å²) >= 11 is 0. The molecule has 1 aliphatic carbocycles. The summed E-state index contributed by atoms with van der Waals surface area (Å²) in [7, 11) is 1.60. The predicted molar refractivity (Wildman–Crippen MR) is 86.4 cm³/mol. The van der Waals surface area contributed by atoms with E-state index in [9.17, 15) is 9.18 Å². The Labute approximate surface area is 135 Å². The highest BCUT2D eigenvalue weighted by molar-refractivity contribution is 5.92. The van der Waals surface area contributed by atoms with Crippen molar-refractivity contribution >= 4 is 11.6 Å². The average Bonchev–Trinajstić information content (AvgIpc) is 3.08. The van der Waals surface area contributed by atoms with Crippen molar-refractivity contribution < 1.29 is 9.18 Å². The molecule has 1 N–H and O–H groups in total. The fourth-order valence-electron chi connectivity index (χ4n) is 4.32. The molecular weight excluding hydrogens is 295 g/mol. The Kier molecular flexibility index (Phi) is 3.52. The molecule has 4 aliphatic rings. The molecule has 5 rings (SSSR count). The number of aromatic nitrogens is 1. The van der Waals surface area contributed by atoms with Gasteiger partial charge in [0.1, 0.15) is 11.4 Å². The third-order valence-electron chi connectivity index (χ3n) is 5.64. The summed E-state index contributed by atoms with van der Waals surface area (Å²) in [6.07, 6.45) is 5.41. The van der Waals surface area contributed by atoms with Crippen LogP contribution in [0.1, 0.15) is 36.2 Å². The Morgan fingerprint density at radius 1 is 1.30 bits per heavy atom. The summed E-state index contributed by atoms with van der Waals surface area (Å²) < 4.78 is 14.1. The molecule has 0 spiro atoms. The number of carbonyl (C=O) groups excluding carboxylic acids is 1. The Morgan fingerprint density at radius 2 is 2.04 bits per heavy atom. The van der Waals surface area contributed by atoms with E-state index in [1.54, 1.807) is 19.3 Å². The molecule has 3 aliphatic heterocycles. The molecule has 0 aromatic carbocycles. The van der Waals surface area contributed by atoms with Gasteiger partial charge in [0.2, 0.25) is 0 Å². The third kappa shape index (κ3) is 2.59. The number of pyridine rings is 1. The van der Waals surface area contributed by atoms with Crippen molar-refractivity contribution in [2.75, 3.05) is 31.6 Å². The van der Waals surface area contributed by atoms with Gasteiger partial charge >= 0.3 is 0 Å². The second-order valence-corrected chi connectivity index (χ2v) is 7.08. The van der Waals surface area contributed by atoms with Crippen LogP contribution in [0.3, 0.4) is 0 Å². The van der Waals surface area contributed by atoms with Crippen molar-refractivity contribution in [2.45, 2.75) is 43.4 Å². The van der Waals surface area contributed by atoms with Crippen LogP contribution < -0.4 is 10.2 Å². The molecule has 0 radical (unpaired) electrons. The normalized spacial score (nSPS) is 31.0. The van der Waals surface area contributed by atoms with E-state index in [1.165, 1.54) is 0 Å². The van der Waals surface area contributed by atoms with Gasteiger partial charge in [0, 0.05) is 38.8 Å². The molecule has 0 atom stereocenters. The fraction of sp³-hybridized carbons (Fsp3) is 0.647. The third-order valence-corrected chi connectivity index (χ3v) is 5.64. The highest BCUT2D eigenvalue weighted by Gasteiger charge is 2.57. The molecule has 2 bridgehead atoms. The van der Waals surface area contributed by atoms with E-state index in [0.717, 1.165) is 44.5 Å². The lowest BCUT2D eigenvalue weighted by Crippen LogP contribution is -2.46. The standard InChI is InChI=1S/C17H23FN4O/c1-19-16(23)15-3-2-13(10-20-15)21-6-4-12(5-7-21)22-11-17(18)8-14(22)9-17/h2-3,10,12,14H,4-9,11H2,1H3,(H,19,23). The number of alkyl halides is 1. The zero-order chi connectivity index (χ0) is 16.0. The zero-order valence-electron chi connectivity index (χ0n) is 13.5. The minimum Gasteiger partial charge on any atom is -0.370 e. The van der Waals surface area contributed by atoms with Crippen LogP contribution in [0, 0.1) is 0 Å². The average molecular weight is 318 g/mol. The lowest BCUT2D eigenvalue weighted by molar-refractivity contribution is 0.0958. The van der Waals surface area contributed by atoms with Gasteiger partial charge in [0.15, 0.2) is 0 Å². The Bertz CT molecular complexity index is 591. The van der Waals surface area contributed by atoms with Crippen molar-refractivity contribution in [2.24, 2.45) is 0 Å².